The first-order valence-electron chi connectivity index (χ1n) is 10.0. The zero-order valence-electron chi connectivity index (χ0n) is 17.5. The van der Waals surface area contributed by atoms with Crippen molar-refractivity contribution in [3.63, 3.8) is 0 Å². The van der Waals surface area contributed by atoms with Crippen LogP contribution in [0.5, 0.6) is 11.5 Å². The van der Waals surface area contributed by atoms with Crippen molar-refractivity contribution < 1.29 is 23.8 Å². The summed E-state index contributed by atoms with van der Waals surface area (Å²) < 4.78 is 16.0. The van der Waals surface area contributed by atoms with Crippen LogP contribution in [-0.4, -0.2) is 37.7 Å². The summed E-state index contributed by atoms with van der Waals surface area (Å²) in [6.45, 7) is 6.02. The molecule has 0 spiro atoms. The lowest BCUT2D eigenvalue weighted by Gasteiger charge is -2.30. The molecule has 0 unspecified atom stereocenters. The van der Waals surface area contributed by atoms with Crippen LogP contribution >= 0.6 is 11.6 Å². The monoisotopic (exact) mass is 423 g/mol. The topological polar surface area (TPSA) is 73.9 Å². The number of rotatable bonds is 8. The second kappa shape index (κ2) is 11.1. The maximum absolute atomic E-state index is 12.3. The standard InChI is InChI=1S/C22H30ClNO5/c1-5-28-19-13-16(12-17(23)21(19)27-4)10-11-20(25)29-15(3)22(26)24-18-9-7-6-8-14(18)2/h10-15,18H,5-9H2,1-4H3,(H,24,26)/b11-10+/t14-,15+,18+/m0/s1. The number of carbonyl (C=O) groups is 2. The molecule has 0 heterocycles. The molecular formula is C22H30ClNO5. The average molecular weight is 424 g/mol. The number of halogens is 1. The van der Waals surface area contributed by atoms with Gasteiger partial charge in [0.05, 0.1) is 18.7 Å². The van der Waals surface area contributed by atoms with E-state index in [0.717, 1.165) is 19.3 Å². The minimum Gasteiger partial charge on any atom is -0.491 e. The fourth-order valence-electron chi connectivity index (χ4n) is 3.41. The zero-order valence-corrected chi connectivity index (χ0v) is 18.3. The predicted octanol–water partition coefficient (Wildman–Crippen LogP) is 4.39. The fraction of sp³-hybridized carbons (Fsp3) is 0.545. The van der Waals surface area contributed by atoms with Crippen LogP contribution in [-0.2, 0) is 14.3 Å². The van der Waals surface area contributed by atoms with Gasteiger partial charge in [-0.1, -0.05) is 31.4 Å². The molecule has 0 aromatic heterocycles. The first-order valence-corrected chi connectivity index (χ1v) is 10.4. The van der Waals surface area contributed by atoms with E-state index < -0.39 is 12.1 Å². The van der Waals surface area contributed by atoms with Crippen molar-refractivity contribution >= 4 is 29.6 Å². The maximum atomic E-state index is 12.3. The molecule has 1 aromatic carbocycles. The Hall–Kier alpha value is -2.21. The van der Waals surface area contributed by atoms with Crippen molar-refractivity contribution in [1.29, 1.82) is 0 Å². The quantitative estimate of drug-likeness (QED) is 0.496. The van der Waals surface area contributed by atoms with Gasteiger partial charge in [0, 0.05) is 12.1 Å². The van der Waals surface area contributed by atoms with Crippen LogP contribution in [0.3, 0.4) is 0 Å². The Morgan fingerprint density at radius 1 is 1.31 bits per heavy atom. The molecule has 1 amide bonds. The Morgan fingerprint density at radius 2 is 2.03 bits per heavy atom. The third kappa shape index (κ3) is 6.67. The third-order valence-corrected chi connectivity index (χ3v) is 5.33. The minimum absolute atomic E-state index is 0.145. The van der Waals surface area contributed by atoms with Gasteiger partial charge in [0.2, 0.25) is 0 Å². The molecule has 1 aliphatic carbocycles. The van der Waals surface area contributed by atoms with E-state index in [0.29, 0.717) is 34.6 Å². The molecule has 7 heteroatoms. The van der Waals surface area contributed by atoms with Crippen LogP contribution in [0.4, 0.5) is 0 Å². The maximum Gasteiger partial charge on any atom is 0.331 e. The molecule has 2 rings (SSSR count). The van der Waals surface area contributed by atoms with E-state index in [4.69, 9.17) is 25.8 Å². The van der Waals surface area contributed by atoms with E-state index in [1.54, 1.807) is 25.1 Å². The Bertz CT molecular complexity index is 749. The Balaban J connectivity index is 1.95. The molecule has 0 bridgehead atoms. The summed E-state index contributed by atoms with van der Waals surface area (Å²) in [4.78, 5) is 24.5. The molecule has 0 saturated heterocycles. The predicted molar refractivity (Wildman–Crippen MR) is 113 cm³/mol. The Morgan fingerprint density at radius 3 is 2.69 bits per heavy atom. The lowest BCUT2D eigenvalue weighted by atomic mass is 9.86. The van der Waals surface area contributed by atoms with Crippen molar-refractivity contribution in [2.24, 2.45) is 5.92 Å². The van der Waals surface area contributed by atoms with Gasteiger partial charge < -0.3 is 19.5 Å². The van der Waals surface area contributed by atoms with E-state index in [1.165, 1.54) is 19.6 Å². The van der Waals surface area contributed by atoms with Crippen molar-refractivity contribution in [3.05, 3.63) is 28.8 Å². The van der Waals surface area contributed by atoms with Gasteiger partial charge in [-0.3, -0.25) is 4.79 Å². The summed E-state index contributed by atoms with van der Waals surface area (Å²) >= 11 is 6.21. The van der Waals surface area contributed by atoms with Crippen molar-refractivity contribution in [1.82, 2.24) is 5.32 Å². The number of amides is 1. The number of methoxy groups -OCH3 is 1. The summed E-state index contributed by atoms with van der Waals surface area (Å²) in [6, 6.07) is 3.53. The van der Waals surface area contributed by atoms with E-state index in [1.807, 2.05) is 6.92 Å². The number of carbonyl (C=O) groups excluding carboxylic acids is 2. The summed E-state index contributed by atoms with van der Waals surface area (Å²) in [5.41, 5.74) is 0.657. The zero-order chi connectivity index (χ0) is 21.4. The highest BCUT2D eigenvalue weighted by molar-refractivity contribution is 6.32. The SMILES string of the molecule is CCOc1cc(/C=C/C(=O)O[C@H](C)C(=O)N[C@@H]2CCCC[C@@H]2C)cc(Cl)c1OC. The van der Waals surface area contributed by atoms with Crippen LogP contribution < -0.4 is 14.8 Å². The summed E-state index contributed by atoms with van der Waals surface area (Å²) in [7, 11) is 1.51. The molecule has 1 aliphatic rings. The average Bonchev–Trinajstić information content (AvgIpc) is 2.68. The van der Waals surface area contributed by atoms with Gasteiger partial charge in [-0.05, 0) is 56.4 Å². The van der Waals surface area contributed by atoms with Gasteiger partial charge >= 0.3 is 5.97 Å². The Labute approximate surface area is 177 Å². The second-order valence-corrected chi connectivity index (χ2v) is 7.66. The van der Waals surface area contributed by atoms with Gasteiger partial charge in [-0.15, -0.1) is 0 Å². The van der Waals surface area contributed by atoms with Gasteiger partial charge in [0.1, 0.15) is 0 Å². The van der Waals surface area contributed by atoms with Crippen LogP contribution in [0.25, 0.3) is 6.08 Å². The molecule has 1 fully saturated rings. The number of hydrogen-bond acceptors (Lipinski definition) is 5. The molecule has 3 atom stereocenters. The first kappa shape index (κ1) is 23.1. The van der Waals surface area contributed by atoms with Crippen molar-refractivity contribution in [2.75, 3.05) is 13.7 Å². The highest BCUT2D eigenvalue weighted by Gasteiger charge is 2.26. The number of benzene rings is 1. The summed E-state index contributed by atoms with van der Waals surface area (Å²) in [6.07, 6.45) is 6.35. The minimum atomic E-state index is -0.861. The van der Waals surface area contributed by atoms with Crippen molar-refractivity contribution in [3.8, 4) is 11.5 Å². The van der Waals surface area contributed by atoms with Gasteiger partial charge in [-0.2, -0.15) is 0 Å². The van der Waals surface area contributed by atoms with Crippen LogP contribution in [0.2, 0.25) is 5.02 Å². The summed E-state index contributed by atoms with van der Waals surface area (Å²) in [5, 5.41) is 3.38. The third-order valence-electron chi connectivity index (χ3n) is 5.05. The highest BCUT2D eigenvalue weighted by atomic mass is 35.5. The normalized spacial score (nSPS) is 20.2. The van der Waals surface area contributed by atoms with Gasteiger partial charge in [0.15, 0.2) is 17.6 Å². The largest absolute Gasteiger partial charge is 0.491 e. The molecule has 1 aromatic rings. The van der Waals surface area contributed by atoms with E-state index in [9.17, 15) is 9.59 Å². The van der Waals surface area contributed by atoms with Crippen LogP contribution in [0, 0.1) is 5.92 Å². The molecule has 29 heavy (non-hydrogen) atoms. The van der Waals surface area contributed by atoms with E-state index >= 15 is 0 Å². The fourth-order valence-corrected chi connectivity index (χ4v) is 3.70. The van der Waals surface area contributed by atoms with E-state index in [-0.39, 0.29) is 11.9 Å². The molecule has 6 nitrogen and oxygen atoms in total. The van der Waals surface area contributed by atoms with E-state index in [2.05, 4.69) is 12.2 Å². The Kier molecular flexibility index (Phi) is 8.83. The lowest BCUT2D eigenvalue weighted by Crippen LogP contribution is -2.45. The first-order chi connectivity index (χ1) is 13.8. The van der Waals surface area contributed by atoms with Crippen molar-refractivity contribution in [2.45, 2.75) is 58.6 Å². The second-order valence-electron chi connectivity index (χ2n) is 7.26. The molecule has 1 N–H and O–H groups in total. The van der Waals surface area contributed by atoms with Crippen LogP contribution in [0.1, 0.15) is 52.0 Å². The number of nitrogens with one attached hydrogen (secondary N) is 1. The lowest BCUT2D eigenvalue weighted by molar-refractivity contribution is -0.150. The number of esters is 1. The van der Waals surface area contributed by atoms with Crippen LogP contribution in [0.15, 0.2) is 18.2 Å². The summed E-state index contributed by atoms with van der Waals surface area (Å²) in [5.74, 6) is 0.501. The molecule has 0 aliphatic heterocycles. The van der Waals surface area contributed by atoms with Gasteiger partial charge in [-0.25, -0.2) is 4.79 Å². The highest BCUT2D eigenvalue weighted by Crippen LogP contribution is 2.36. The smallest absolute Gasteiger partial charge is 0.331 e. The molecule has 0 radical (unpaired) electrons. The molecule has 1 saturated carbocycles. The van der Waals surface area contributed by atoms with Gasteiger partial charge in [0.25, 0.3) is 5.91 Å². The number of hydrogen-bond donors (Lipinski definition) is 1. The molecular weight excluding hydrogens is 394 g/mol. The number of ether oxygens (including phenoxy) is 3. The molecule has 160 valence electrons.